The minimum Gasteiger partial charge on any atom is -0.481 e. The molecule has 0 fully saturated rings. The maximum atomic E-state index is 11.7. The third-order valence-corrected chi connectivity index (χ3v) is 2.46. The van der Waals surface area contributed by atoms with Crippen LogP contribution in [0.3, 0.4) is 0 Å². The monoisotopic (exact) mass is 240 g/mol. The summed E-state index contributed by atoms with van der Waals surface area (Å²) in [5.41, 5.74) is 6.37. The number of hydrogen-bond donors (Lipinski definition) is 2. The molecule has 6 nitrogen and oxygen atoms in total. The first-order chi connectivity index (χ1) is 7.91. The number of likely N-dealkylation sites (N-methyl/N-ethyl adjacent to an activating group) is 1. The molecule has 0 saturated heterocycles. The summed E-state index contributed by atoms with van der Waals surface area (Å²) < 4.78 is 5.11. The number of hydrogen-bond acceptors (Lipinski definition) is 4. The van der Waals surface area contributed by atoms with Crippen molar-refractivity contribution in [2.75, 3.05) is 7.05 Å². The van der Waals surface area contributed by atoms with E-state index in [1.165, 1.54) is 4.90 Å². The van der Waals surface area contributed by atoms with Crippen molar-refractivity contribution >= 4 is 11.9 Å². The number of carboxylic acid groups (broad SMARTS) is 1. The third kappa shape index (κ3) is 3.60. The van der Waals surface area contributed by atoms with E-state index in [1.54, 1.807) is 26.3 Å². The Labute approximate surface area is 99.0 Å². The molecule has 0 aliphatic carbocycles. The number of nitrogens with zero attached hydrogens (tertiary/aromatic N) is 1. The van der Waals surface area contributed by atoms with Crippen LogP contribution in [0.1, 0.15) is 17.7 Å². The van der Waals surface area contributed by atoms with E-state index in [-0.39, 0.29) is 6.42 Å². The van der Waals surface area contributed by atoms with Crippen molar-refractivity contribution in [2.24, 2.45) is 5.73 Å². The Kier molecular flexibility index (Phi) is 4.28. The molecule has 1 heterocycles. The van der Waals surface area contributed by atoms with Gasteiger partial charge in [-0.2, -0.15) is 0 Å². The number of aliphatic carboxylic acids is 1. The first-order valence-corrected chi connectivity index (χ1v) is 5.17. The number of amides is 1. The predicted octanol–water partition coefficient (Wildman–Crippen LogP) is 0.348. The van der Waals surface area contributed by atoms with Crippen LogP contribution < -0.4 is 5.73 Å². The number of nitrogens with two attached hydrogens (primary N) is 1. The lowest BCUT2D eigenvalue weighted by molar-refractivity contribution is -0.141. The van der Waals surface area contributed by atoms with Gasteiger partial charge in [0.2, 0.25) is 5.91 Å². The normalized spacial score (nSPS) is 12.2. The van der Waals surface area contributed by atoms with E-state index in [2.05, 4.69) is 0 Å². The summed E-state index contributed by atoms with van der Waals surface area (Å²) in [5, 5.41) is 8.55. The van der Waals surface area contributed by atoms with Crippen molar-refractivity contribution < 1.29 is 19.1 Å². The van der Waals surface area contributed by atoms with Gasteiger partial charge < -0.3 is 20.2 Å². The molecule has 1 amide bonds. The lowest BCUT2D eigenvalue weighted by Crippen LogP contribution is -2.42. The molecule has 1 aromatic heterocycles. The van der Waals surface area contributed by atoms with Gasteiger partial charge in [-0.25, -0.2) is 0 Å². The fourth-order valence-electron chi connectivity index (χ4n) is 1.47. The fraction of sp³-hybridized carbons (Fsp3) is 0.455. The van der Waals surface area contributed by atoms with Gasteiger partial charge in [0.05, 0.1) is 18.7 Å². The van der Waals surface area contributed by atoms with E-state index in [0.717, 1.165) is 11.3 Å². The summed E-state index contributed by atoms with van der Waals surface area (Å²) in [5.74, 6) is -0.747. The SMILES string of the molecule is Cc1occc1CN(C)C(=O)C(N)CC(=O)O. The lowest BCUT2D eigenvalue weighted by Gasteiger charge is -2.20. The number of carboxylic acids is 1. The zero-order chi connectivity index (χ0) is 13.0. The Bertz CT molecular complexity index is 413. The van der Waals surface area contributed by atoms with Crippen molar-refractivity contribution in [3.8, 4) is 0 Å². The molecule has 0 bridgehead atoms. The van der Waals surface area contributed by atoms with Crippen molar-refractivity contribution in [3.05, 3.63) is 23.7 Å². The minimum atomic E-state index is -1.08. The van der Waals surface area contributed by atoms with Gasteiger partial charge >= 0.3 is 5.97 Å². The highest BCUT2D eigenvalue weighted by Gasteiger charge is 2.21. The summed E-state index contributed by atoms with van der Waals surface area (Å²) >= 11 is 0. The molecule has 1 atom stereocenters. The van der Waals surface area contributed by atoms with Crippen molar-refractivity contribution in [2.45, 2.75) is 25.9 Å². The number of rotatable bonds is 5. The fourth-order valence-corrected chi connectivity index (χ4v) is 1.47. The summed E-state index contributed by atoms with van der Waals surface area (Å²) in [4.78, 5) is 23.6. The molecule has 1 aromatic rings. The van der Waals surface area contributed by atoms with Crippen LogP contribution in [0.4, 0.5) is 0 Å². The molecular formula is C11H16N2O4. The van der Waals surface area contributed by atoms with Gasteiger partial charge in [-0.15, -0.1) is 0 Å². The average molecular weight is 240 g/mol. The summed E-state index contributed by atoms with van der Waals surface area (Å²) in [6, 6.07) is 0.756. The average Bonchev–Trinajstić information content (AvgIpc) is 2.62. The van der Waals surface area contributed by atoms with Gasteiger partial charge in [0.25, 0.3) is 0 Å². The molecule has 0 aromatic carbocycles. The Hall–Kier alpha value is -1.82. The zero-order valence-electron chi connectivity index (χ0n) is 9.84. The van der Waals surface area contributed by atoms with E-state index in [4.69, 9.17) is 15.3 Å². The molecule has 0 aliphatic heterocycles. The summed E-state index contributed by atoms with van der Waals surface area (Å²) in [6.45, 7) is 2.15. The quantitative estimate of drug-likeness (QED) is 0.774. The molecule has 1 unspecified atom stereocenters. The van der Waals surface area contributed by atoms with Crippen LogP contribution in [0.15, 0.2) is 16.7 Å². The molecule has 0 radical (unpaired) electrons. The molecule has 0 saturated carbocycles. The van der Waals surface area contributed by atoms with Crippen LogP contribution in [0.25, 0.3) is 0 Å². The van der Waals surface area contributed by atoms with Crippen molar-refractivity contribution in [1.29, 1.82) is 0 Å². The van der Waals surface area contributed by atoms with Crippen LogP contribution in [0, 0.1) is 6.92 Å². The Morgan fingerprint density at radius 3 is 2.71 bits per heavy atom. The molecule has 1 rings (SSSR count). The van der Waals surface area contributed by atoms with Crippen molar-refractivity contribution in [1.82, 2.24) is 4.90 Å². The maximum absolute atomic E-state index is 11.7. The Balaban J connectivity index is 2.58. The molecule has 3 N–H and O–H groups in total. The predicted molar refractivity (Wildman–Crippen MR) is 60.1 cm³/mol. The van der Waals surface area contributed by atoms with Crippen LogP contribution >= 0.6 is 0 Å². The number of carbonyl (C=O) groups excluding carboxylic acids is 1. The minimum absolute atomic E-state index is 0.356. The molecular weight excluding hydrogens is 224 g/mol. The van der Waals surface area contributed by atoms with E-state index >= 15 is 0 Å². The van der Waals surface area contributed by atoms with Gasteiger partial charge in [0, 0.05) is 19.2 Å². The molecule has 6 heteroatoms. The number of aryl methyl sites for hydroxylation is 1. The topological polar surface area (TPSA) is 96.8 Å². The third-order valence-electron chi connectivity index (χ3n) is 2.46. The number of carbonyl (C=O) groups is 2. The van der Waals surface area contributed by atoms with Gasteiger partial charge in [0.15, 0.2) is 0 Å². The summed E-state index contributed by atoms with van der Waals surface area (Å²) in [7, 11) is 1.58. The first-order valence-electron chi connectivity index (χ1n) is 5.17. The molecule has 17 heavy (non-hydrogen) atoms. The molecule has 94 valence electrons. The Morgan fingerprint density at radius 1 is 1.59 bits per heavy atom. The van der Waals surface area contributed by atoms with E-state index in [1.807, 2.05) is 0 Å². The van der Waals surface area contributed by atoms with Gasteiger partial charge in [0.1, 0.15) is 5.76 Å². The largest absolute Gasteiger partial charge is 0.481 e. The Morgan fingerprint density at radius 2 is 2.24 bits per heavy atom. The number of furan rings is 1. The van der Waals surface area contributed by atoms with Gasteiger partial charge in [-0.05, 0) is 13.0 Å². The van der Waals surface area contributed by atoms with E-state index < -0.39 is 17.9 Å². The van der Waals surface area contributed by atoms with Gasteiger partial charge in [-0.3, -0.25) is 9.59 Å². The van der Waals surface area contributed by atoms with E-state index in [0.29, 0.717) is 6.54 Å². The van der Waals surface area contributed by atoms with Crippen molar-refractivity contribution in [3.63, 3.8) is 0 Å². The lowest BCUT2D eigenvalue weighted by atomic mass is 10.2. The molecule has 0 spiro atoms. The van der Waals surface area contributed by atoms with Crippen LogP contribution in [-0.2, 0) is 16.1 Å². The standard InChI is InChI=1S/C11H16N2O4/c1-7-8(3-4-17-7)6-13(2)11(16)9(12)5-10(14)15/h3-4,9H,5-6,12H2,1-2H3,(H,14,15). The first kappa shape index (κ1) is 13.2. The maximum Gasteiger partial charge on any atom is 0.305 e. The van der Waals surface area contributed by atoms with Gasteiger partial charge in [-0.1, -0.05) is 0 Å². The smallest absolute Gasteiger partial charge is 0.305 e. The highest BCUT2D eigenvalue weighted by Crippen LogP contribution is 2.11. The van der Waals surface area contributed by atoms with E-state index in [9.17, 15) is 9.59 Å². The van der Waals surface area contributed by atoms with Crippen LogP contribution in [0.5, 0.6) is 0 Å². The highest BCUT2D eigenvalue weighted by atomic mass is 16.4. The molecule has 0 aliphatic rings. The van der Waals surface area contributed by atoms with Crippen LogP contribution in [-0.4, -0.2) is 35.0 Å². The van der Waals surface area contributed by atoms with Crippen LogP contribution in [0.2, 0.25) is 0 Å². The second-order valence-corrected chi connectivity index (χ2v) is 3.90. The second kappa shape index (κ2) is 5.49. The summed E-state index contributed by atoms with van der Waals surface area (Å²) in [6.07, 6.45) is 1.17. The highest BCUT2D eigenvalue weighted by molar-refractivity contribution is 5.85. The second-order valence-electron chi connectivity index (χ2n) is 3.90. The zero-order valence-corrected chi connectivity index (χ0v) is 9.84.